The lowest BCUT2D eigenvalue weighted by molar-refractivity contribution is 0.208. The molecule has 0 aliphatic carbocycles. The summed E-state index contributed by atoms with van der Waals surface area (Å²) in [6, 6.07) is 12.5. The monoisotopic (exact) mass is 441 g/mol. The highest BCUT2D eigenvalue weighted by molar-refractivity contribution is 7.89. The van der Waals surface area contributed by atoms with E-state index in [0.717, 1.165) is 16.5 Å². The molecule has 2 N–H and O–H groups in total. The molecule has 0 bridgehead atoms. The van der Waals surface area contributed by atoms with Gasteiger partial charge in [-0.15, -0.1) is 10.2 Å². The van der Waals surface area contributed by atoms with Crippen LogP contribution in [0.4, 0.5) is 0 Å². The number of ether oxygens (including phenoxy) is 1. The van der Waals surface area contributed by atoms with E-state index in [1.807, 2.05) is 31.2 Å². The fourth-order valence-corrected chi connectivity index (χ4v) is 5.00. The van der Waals surface area contributed by atoms with Crippen molar-refractivity contribution >= 4 is 26.4 Å². The fraction of sp³-hybridized carbons (Fsp3) is 0.286. The van der Waals surface area contributed by atoms with Crippen molar-refractivity contribution in [2.24, 2.45) is 0 Å². The number of rotatable bonds is 6. The van der Waals surface area contributed by atoms with Gasteiger partial charge in [0.15, 0.2) is 11.5 Å². The zero-order valence-corrected chi connectivity index (χ0v) is 18.4. The number of nitrogens with one attached hydrogen (secondary N) is 1. The topological polar surface area (TPSA) is 119 Å². The summed E-state index contributed by atoms with van der Waals surface area (Å²) < 4.78 is 35.5. The Kier molecular flexibility index (Phi) is 5.16. The SMILES string of the molecule is COc1ccc(-c2nnc3c4ccccc4c(C)nn23)cc1S(=O)(=O)NC(C)(C)CO. The van der Waals surface area contributed by atoms with Gasteiger partial charge < -0.3 is 9.84 Å². The van der Waals surface area contributed by atoms with Gasteiger partial charge in [0.1, 0.15) is 10.6 Å². The molecule has 9 nitrogen and oxygen atoms in total. The zero-order valence-electron chi connectivity index (χ0n) is 17.6. The maximum atomic E-state index is 13.0. The van der Waals surface area contributed by atoms with E-state index in [0.29, 0.717) is 17.0 Å². The van der Waals surface area contributed by atoms with Crippen LogP contribution in [-0.2, 0) is 10.0 Å². The number of sulfonamides is 1. The summed E-state index contributed by atoms with van der Waals surface area (Å²) in [5.41, 5.74) is 0.851. The van der Waals surface area contributed by atoms with E-state index in [2.05, 4.69) is 20.0 Å². The van der Waals surface area contributed by atoms with Crippen LogP contribution in [0.5, 0.6) is 5.75 Å². The number of benzene rings is 2. The van der Waals surface area contributed by atoms with Crippen LogP contribution in [0.1, 0.15) is 19.5 Å². The van der Waals surface area contributed by atoms with Gasteiger partial charge in [-0.2, -0.15) is 9.61 Å². The molecule has 0 fully saturated rings. The maximum absolute atomic E-state index is 13.0. The van der Waals surface area contributed by atoms with Crippen molar-refractivity contribution < 1.29 is 18.3 Å². The Morgan fingerprint density at radius 3 is 2.52 bits per heavy atom. The molecular weight excluding hydrogens is 418 g/mol. The van der Waals surface area contributed by atoms with Crippen LogP contribution in [-0.4, -0.2) is 52.6 Å². The maximum Gasteiger partial charge on any atom is 0.244 e. The second-order valence-corrected chi connectivity index (χ2v) is 9.55. The lowest BCUT2D eigenvalue weighted by Gasteiger charge is -2.24. The number of aromatic nitrogens is 4. The van der Waals surface area contributed by atoms with E-state index in [1.54, 1.807) is 30.5 Å². The molecule has 2 aromatic carbocycles. The van der Waals surface area contributed by atoms with Crippen molar-refractivity contribution in [3.05, 3.63) is 48.2 Å². The van der Waals surface area contributed by atoms with Crippen LogP contribution in [0.2, 0.25) is 0 Å². The second kappa shape index (κ2) is 7.56. The standard InChI is InChI=1S/C21H23N5O4S/c1-13-15-7-5-6-8-16(15)20-23-22-19(26(20)24-13)14-9-10-17(30-4)18(11-14)31(28,29)25-21(2,3)12-27/h5-11,25,27H,12H2,1-4H3. The summed E-state index contributed by atoms with van der Waals surface area (Å²) in [6.45, 7) is 4.71. The van der Waals surface area contributed by atoms with Gasteiger partial charge in [0.25, 0.3) is 0 Å². The highest BCUT2D eigenvalue weighted by Gasteiger charge is 2.29. The molecule has 0 unspecified atom stereocenters. The second-order valence-electron chi connectivity index (χ2n) is 7.90. The lowest BCUT2D eigenvalue weighted by atomic mass is 10.1. The first-order chi connectivity index (χ1) is 14.7. The van der Waals surface area contributed by atoms with Crippen molar-refractivity contribution in [2.75, 3.05) is 13.7 Å². The van der Waals surface area contributed by atoms with E-state index in [9.17, 15) is 13.5 Å². The molecule has 0 atom stereocenters. The minimum absolute atomic E-state index is 0.0664. The van der Waals surface area contributed by atoms with Crippen LogP contribution in [0.15, 0.2) is 47.4 Å². The summed E-state index contributed by atoms with van der Waals surface area (Å²) in [4.78, 5) is -0.0664. The molecule has 10 heteroatoms. The number of nitrogens with zero attached hydrogens (tertiary/aromatic N) is 4. The molecule has 2 aromatic heterocycles. The molecule has 0 amide bonds. The van der Waals surface area contributed by atoms with Crippen molar-refractivity contribution in [3.63, 3.8) is 0 Å². The minimum Gasteiger partial charge on any atom is -0.495 e. The van der Waals surface area contributed by atoms with Gasteiger partial charge in [0, 0.05) is 16.3 Å². The van der Waals surface area contributed by atoms with Crippen LogP contribution in [0.25, 0.3) is 27.8 Å². The summed E-state index contributed by atoms with van der Waals surface area (Å²) >= 11 is 0. The molecule has 0 spiro atoms. The Bertz CT molecular complexity index is 1400. The number of aryl methyl sites for hydroxylation is 1. The highest BCUT2D eigenvalue weighted by atomic mass is 32.2. The molecule has 4 rings (SSSR count). The highest BCUT2D eigenvalue weighted by Crippen LogP contribution is 2.31. The molecule has 0 aliphatic heterocycles. The van der Waals surface area contributed by atoms with E-state index in [4.69, 9.17) is 4.74 Å². The first-order valence-corrected chi connectivity index (χ1v) is 11.1. The van der Waals surface area contributed by atoms with Gasteiger partial charge in [-0.1, -0.05) is 24.3 Å². The lowest BCUT2D eigenvalue weighted by Crippen LogP contribution is -2.46. The number of fused-ring (bicyclic) bond motifs is 3. The Labute approximate surface area is 179 Å². The Balaban J connectivity index is 1.90. The van der Waals surface area contributed by atoms with Crippen molar-refractivity contribution in [2.45, 2.75) is 31.2 Å². The fourth-order valence-electron chi connectivity index (χ4n) is 3.40. The zero-order chi connectivity index (χ0) is 22.4. The van der Waals surface area contributed by atoms with Crippen LogP contribution in [0.3, 0.4) is 0 Å². The number of methoxy groups -OCH3 is 1. The third-order valence-electron chi connectivity index (χ3n) is 4.97. The van der Waals surface area contributed by atoms with Crippen molar-refractivity contribution in [3.8, 4) is 17.1 Å². The first-order valence-electron chi connectivity index (χ1n) is 9.61. The molecule has 0 saturated carbocycles. The Hall–Kier alpha value is -3.08. The number of aliphatic hydroxyl groups excluding tert-OH is 1. The summed E-state index contributed by atoms with van der Waals surface area (Å²) in [6.07, 6.45) is 0. The third-order valence-corrected chi connectivity index (χ3v) is 6.69. The van der Waals surface area contributed by atoms with E-state index < -0.39 is 15.6 Å². The summed E-state index contributed by atoms with van der Waals surface area (Å²) in [5, 5.41) is 24.5. The van der Waals surface area contributed by atoms with Crippen LogP contribution >= 0.6 is 0 Å². The van der Waals surface area contributed by atoms with Crippen molar-refractivity contribution in [1.29, 1.82) is 0 Å². The molecule has 31 heavy (non-hydrogen) atoms. The van der Waals surface area contributed by atoms with E-state index >= 15 is 0 Å². The average Bonchev–Trinajstić information content (AvgIpc) is 3.16. The number of aliphatic hydroxyl groups is 1. The van der Waals surface area contributed by atoms with Gasteiger partial charge in [-0.05, 0) is 39.0 Å². The number of hydrogen-bond acceptors (Lipinski definition) is 7. The summed E-state index contributed by atoms with van der Waals surface area (Å²) in [5.74, 6) is 0.581. The van der Waals surface area contributed by atoms with Gasteiger partial charge >= 0.3 is 0 Å². The first kappa shape index (κ1) is 21.2. The Morgan fingerprint density at radius 2 is 1.84 bits per heavy atom. The van der Waals surface area contributed by atoms with Crippen molar-refractivity contribution in [1.82, 2.24) is 24.5 Å². The third kappa shape index (κ3) is 3.73. The molecular formula is C21H23N5O4S. The van der Waals surface area contributed by atoms with Gasteiger partial charge in [0.05, 0.1) is 24.9 Å². The van der Waals surface area contributed by atoms with Crippen LogP contribution < -0.4 is 9.46 Å². The smallest absolute Gasteiger partial charge is 0.244 e. The van der Waals surface area contributed by atoms with E-state index in [1.165, 1.54) is 13.2 Å². The van der Waals surface area contributed by atoms with Crippen LogP contribution in [0, 0.1) is 6.92 Å². The normalized spacial score (nSPS) is 12.5. The minimum atomic E-state index is -4.00. The molecule has 4 aromatic rings. The van der Waals surface area contributed by atoms with Gasteiger partial charge in [-0.3, -0.25) is 0 Å². The molecule has 0 aliphatic rings. The predicted octanol–water partition coefficient (Wildman–Crippen LogP) is 2.31. The summed E-state index contributed by atoms with van der Waals surface area (Å²) in [7, 11) is -2.60. The molecule has 2 heterocycles. The predicted molar refractivity (Wildman–Crippen MR) is 116 cm³/mol. The Morgan fingerprint density at radius 1 is 1.13 bits per heavy atom. The number of hydrogen-bond donors (Lipinski definition) is 2. The largest absolute Gasteiger partial charge is 0.495 e. The van der Waals surface area contributed by atoms with Gasteiger partial charge in [-0.25, -0.2) is 13.1 Å². The van der Waals surface area contributed by atoms with Gasteiger partial charge in [0.2, 0.25) is 10.0 Å². The molecule has 0 saturated heterocycles. The molecule has 162 valence electrons. The molecule has 0 radical (unpaired) electrons. The average molecular weight is 442 g/mol. The van der Waals surface area contributed by atoms with E-state index in [-0.39, 0.29) is 17.3 Å². The quantitative estimate of drug-likeness (QED) is 0.471.